The van der Waals surface area contributed by atoms with Gasteiger partial charge < -0.3 is 4.74 Å². The Kier molecular flexibility index (Phi) is 2.87. The third-order valence-corrected chi connectivity index (χ3v) is 1.97. The minimum atomic E-state index is 0.542. The van der Waals surface area contributed by atoms with Gasteiger partial charge in [0.05, 0.1) is 0 Å². The van der Waals surface area contributed by atoms with Crippen molar-refractivity contribution in [1.82, 2.24) is 10.0 Å². The van der Waals surface area contributed by atoms with Crippen molar-refractivity contribution < 1.29 is 4.74 Å². The van der Waals surface area contributed by atoms with Crippen LogP contribution in [0.3, 0.4) is 0 Å². The molecule has 0 aromatic carbocycles. The lowest BCUT2D eigenvalue weighted by Gasteiger charge is -2.31. The van der Waals surface area contributed by atoms with Crippen molar-refractivity contribution in [3.63, 3.8) is 0 Å². The van der Waals surface area contributed by atoms with E-state index >= 15 is 0 Å². The van der Waals surface area contributed by atoms with Crippen molar-refractivity contribution in [2.45, 2.75) is 39.8 Å². The molecule has 1 saturated heterocycles. The average molecular weight is 158 g/mol. The number of ether oxygens (including phenoxy) is 1. The van der Waals surface area contributed by atoms with Crippen molar-refractivity contribution in [2.75, 3.05) is 13.5 Å². The standard InChI is InChI=1S/C8H18N2O/c1-7(2)9-5-11-6-10(9)8(3)4/h7-8H,5-6H2,1-4H3. The number of nitrogens with zero attached hydrogens (tertiary/aromatic N) is 2. The SMILES string of the molecule is CC(C)N1COCN1C(C)C. The van der Waals surface area contributed by atoms with E-state index in [0.717, 1.165) is 13.5 Å². The average Bonchev–Trinajstić information content (AvgIpc) is 2.32. The van der Waals surface area contributed by atoms with Crippen LogP contribution < -0.4 is 0 Å². The molecule has 0 bridgehead atoms. The van der Waals surface area contributed by atoms with E-state index in [1.165, 1.54) is 0 Å². The fourth-order valence-corrected chi connectivity index (χ4v) is 1.27. The Labute approximate surface area is 68.9 Å². The number of hydrazine groups is 1. The van der Waals surface area contributed by atoms with Gasteiger partial charge in [-0.05, 0) is 27.7 Å². The Balaban J connectivity index is 2.51. The van der Waals surface area contributed by atoms with Gasteiger partial charge in [-0.1, -0.05) is 0 Å². The minimum absolute atomic E-state index is 0.542. The molecule has 0 aromatic rings. The van der Waals surface area contributed by atoms with Crippen LogP contribution >= 0.6 is 0 Å². The predicted octanol–water partition coefficient (Wildman–Crippen LogP) is 1.27. The first-order valence-corrected chi connectivity index (χ1v) is 4.24. The molecule has 0 N–H and O–H groups in total. The maximum Gasteiger partial charge on any atom is 0.114 e. The summed E-state index contributed by atoms with van der Waals surface area (Å²) in [4.78, 5) is 0. The van der Waals surface area contributed by atoms with Crippen molar-refractivity contribution in [2.24, 2.45) is 0 Å². The first kappa shape index (κ1) is 8.97. The second-order valence-electron chi connectivity index (χ2n) is 3.53. The van der Waals surface area contributed by atoms with E-state index in [-0.39, 0.29) is 0 Å². The monoisotopic (exact) mass is 158 g/mol. The normalized spacial score (nSPS) is 22.4. The van der Waals surface area contributed by atoms with Gasteiger partial charge in [0.2, 0.25) is 0 Å². The molecule has 3 heteroatoms. The summed E-state index contributed by atoms with van der Waals surface area (Å²) in [5.74, 6) is 0. The summed E-state index contributed by atoms with van der Waals surface area (Å²) in [5.41, 5.74) is 0. The fraction of sp³-hybridized carbons (Fsp3) is 1.00. The van der Waals surface area contributed by atoms with Crippen LogP contribution in [-0.4, -0.2) is 35.6 Å². The lowest BCUT2D eigenvalue weighted by Crippen LogP contribution is -2.44. The van der Waals surface area contributed by atoms with Crippen LogP contribution in [0.1, 0.15) is 27.7 Å². The Morgan fingerprint density at radius 2 is 1.27 bits per heavy atom. The summed E-state index contributed by atoms with van der Waals surface area (Å²) in [7, 11) is 0. The van der Waals surface area contributed by atoms with Gasteiger partial charge in [0, 0.05) is 12.1 Å². The van der Waals surface area contributed by atoms with Crippen LogP contribution in [-0.2, 0) is 4.74 Å². The predicted molar refractivity (Wildman–Crippen MR) is 44.8 cm³/mol. The first-order chi connectivity index (χ1) is 5.13. The molecule has 0 unspecified atom stereocenters. The molecule has 1 aliphatic rings. The van der Waals surface area contributed by atoms with Gasteiger partial charge in [-0.15, -0.1) is 0 Å². The van der Waals surface area contributed by atoms with E-state index in [0.29, 0.717) is 12.1 Å². The maximum absolute atomic E-state index is 5.34. The lowest BCUT2D eigenvalue weighted by molar-refractivity contribution is -0.0272. The van der Waals surface area contributed by atoms with E-state index < -0.39 is 0 Å². The Morgan fingerprint density at radius 3 is 1.55 bits per heavy atom. The van der Waals surface area contributed by atoms with Gasteiger partial charge in [-0.2, -0.15) is 0 Å². The third kappa shape index (κ3) is 1.92. The number of hydrogen-bond donors (Lipinski definition) is 0. The van der Waals surface area contributed by atoms with Crippen molar-refractivity contribution >= 4 is 0 Å². The summed E-state index contributed by atoms with van der Waals surface area (Å²) in [6, 6.07) is 1.08. The minimum Gasteiger partial charge on any atom is -0.348 e. The molecule has 1 aliphatic heterocycles. The van der Waals surface area contributed by atoms with E-state index in [1.807, 2.05) is 0 Å². The quantitative estimate of drug-likeness (QED) is 0.602. The van der Waals surface area contributed by atoms with E-state index in [1.54, 1.807) is 0 Å². The zero-order chi connectivity index (χ0) is 8.43. The van der Waals surface area contributed by atoms with Gasteiger partial charge in [0.15, 0.2) is 0 Å². The highest BCUT2D eigenvalue weighted by Gasteiger charge is 2.26. The van der Waals surface area contributed by atoms with Crippen molar-refractivity contribution in [3.05, 3.63) is 0 Å². The van der Waals surface area contributed by atoms with Gasteiger partial charge in [0.1, 0.15) is 13.5 Å². The molecular formula is C8H18N2O. The molecule has 0 atom stereocenters. The van der Waals surface area contributed by atoms with Crippen LogP contribution in [0.4, 0.5) is 0 Å². The second-order valence-corrected chi connectivity index (χ2v) is 3.53. The topological polar surface area (TPSA) is 15.7 Å². The zero-order valence-electron chi connectivity index (χ0n) is 7.87. The summed E-state index contributed by atoms with van der Waals surface area (Å²) < 4.78 is 5.34. The van der Waals surface area contributed by atoms with Gasteiger partial charge in [-0.25, -0.2) is 10.0 Å². The van der Waals surface area contributed by atoms with E-state index in [4.69, 9.17) is 4.74 Å². The number of hydrogen-bond acceptors (Lipinski definition) is 3. The van der Waals surface area contributed by atoms with Gasteiger partial charge in [0.25, 0.3) is 0 Å². The third-order valence-electron chi connectivity index (χ3n) is 1.97. The summed E-state index contributed by atoms with van der Waals surface area (Å²) in [5, 5.41) is 4.51. The van der Waals surface area contributed by atoms with E-state index in [9.17, 15) is 0 Å². The molecule has 0 amide bonds. The smallest absolute Gasteiger partial charge is 0.114 e. The molecule has 1 heterocycles. The van der Waals surface area contributed by atoms with Crippen molar-refractivity contribution in [1.29, 1.82) is 0 Å². The maximum atomic E-state index is 5.34. The molecule has 1 fully saturated rings. The highest BCUT2D eigenvalue weighted by atomic mass is 16.5. The summed E-state index contributed by atoms with van der Waals surface area (Å²) in [6.07, 6.45) is 0. The van der Waals surface area contributed by atoms with Crippen LogP contribution in [0.15, 0.2) is 0 Å². The van der Waals surface area contributed by atoms with Crippen molar-refractivity contribution in [3.8, 4) is 0 Å². The van der Waals surface area contributed by atoms with Crippen LogP contribution in [0.25, 0.3) is 0 Å². The van der Waals surface area contributed by atoms with Gasteiger partial charge >= 0.3 is 0 Å². The molecule has 11 heavy (non-hydrogen) atoms. The van der Waals surface area contributed by atoms with Crippen LogP contribution in [0, 0.1) is 0 Å². The Bertz CT molecular complexity index is 111. The summed E-state index contributed by atoms with van der Waals surface area (Å²) in [6.45, 7) is 10.2. The highest BCUT2D eigenvalue weighted by molar-refractivity contribution is 4.64. The molecule has 0 radical (unpaired) electrons. The first-order valence-electron chi connectivity index (χ1n) is 4.24. The number of rotatable bonds is 2. The lowest BCUT2D eigenvalue weighted by atomic mass is 10.3. The summed E-state index contributed by atoms with van der Waals surface area (Å²) >= 11 is 0. The van der Waals surface area contributed by atoms with E-state index in [2.05, 4.69) is 37.7 Å². The molecule has 3 nitrogen and oxygen atoms in total. The zero-order valence-corrected chi connectivity index (χ0v) is 7.87. The Morgan fingerprint density at radius 1 is 0.909 bits per heavy atom. The van der Waals surface area contributed by atoms with Gasteiger partial charge in [-0.3, -0.25) is 0 Å². The molecule has 0 aromatic heterocycles. The molecular weight excluding hydrogens is 140 g/mol. The second kappa shape index (κ2) is 3.52. The molecule has 0 aliphatic carbocycles. The highest BCUT2D eigenvalue weighted by Crippen LogP contribution is 2.14. The fourth-order valence-electron chi connectivity index (χ4n) is 1.27. The molecule has 0 spiro atoms. The largest absolute Gasteiger partial charge is 0.348 e. The van der Waals surface area contributed by atoms with Crippen LogP contribution in [0.2, 0.25) is 0 Å². The molecule has 1 rings (SSSR count). The molecule has 0 saturated carbocycles. The van der Waals surface area contributed by atoms with Crippen LogP contribution in [0.5, 0.6) is 0 Å². The Hall–Kier alpha value is -0.120. The molecule has 66 valence electrons.